The molecule has 4 heterocycles. The highest BCUT2D eigenvalue weighted by Gasteiger charge is 2.32. The Morgan fingerprint density at radius 2 is 1.97 bits per heavy atom. The minimum absolute atomic E-state index is 0.242. The van der Waals surface area contributed by atoms with E-state index in [1.165, 1.54) is 12.3 Å². The van der Waals surface area contributed by atoms with Gasteiger partial charge in [0.1, 0.15) is 5.82 Å². The van der Waals surface area contributed by atoms with Gasteiger partial charge in [-0.15, -0.1) is 0 Å². The summed E-state index contributed by atoms with van der Waals surface area (Å²) in [5, 5.41) is 5.26. The van der Waals surface area contributed by atoms with Gasteiger partial charge in [-0.3, -0.25) is 15.8 Å². The average Bonchev–Trinajstić information content (AvgIpc) is 2.89. The number of hydrogen-bond donors (Lipinski definition) is 3. The lowest BCUT2D eigenvalue weighted by atomic mass is 10.00. The van der Waals surface area contributed by atoms with Gasteiger partial charge in [0.05, 0.1) is 17.3 Å². The zero-order chi connectivity index (χ0) is 24.4. The Morgan fingerprint density at radius 1 is 1.09 bits per heavy atom. The van der Waals surface area contributed by atoms with Crippen molar-refractivity contribution in [2.75, 3.05) is 25.0 Å². The van der Waals surface area contributed by atoms with E-state index in [4.69, 9.17) is 12.2 Å². The predicted molar refractivity (Wildman–Crippen MR) is 141 cm³/mol. The molecule has 0 spiro atoms. The van der Waals surface area contributed by atoms with E-state index in [0.29, 0.717) is 5.92 Å². The standard InChI is InChI=1S/C26H28FN7S/c1-17(2)23-16-33(25-11-9-20(31-32-25)18-8-10-24(27)29-15-18)13-14-34(23)26(35)30-22-7-3-6-21-19(22)5-4-12-28-21/h3-12,15,17,23,31-32H,13-14,16H2,1-2H3,(H,30,35). The van der Waals surface area contributed by atoms with E-state index >= 15 is 0 Å². The van der Waals surface area contributed by atoms with Crippen molar-refractivity contribution in [3.63, 3.8) is 0 Å². The number of allylic oxidation sites excluding steroid dienone is 2. The summed E-state index contributed by atoms with van der Waals surface area (Å²) in [6.07, 6.45) is 7.35. The van der Waals surface area contributed by atoms with Crippen LogP contribution in [0.1, 0.15) is 19.4 Å². The number of aromatic nitrogens is 2. The maximum absolute atomic E-state index is 13.1. The van der Waals surface area contributed by atoms with E-state index in [-0.39, 0.29) is 6.04 Å². The molecular weight excluding hydrogens is 461 g/mol. The average molecular weight is 490 g/mol. The van der Waals surface area contributed by atoms with Gasteiger partial charge in [-0.05, 0) is 66.7 Å². The van der Waals surface area contributed by atoms with Crippen LogP contribution in [0.3, 0.4) is 0 Å². The highest BCUT2D eigenvalue weighted by molar-refractivity contribution is 7.80. The number of rotatable bonds is 4. The SMILES string of the molecule is CC(C)C1CN(C2=CC=C(c3ccc(F)nc3)NN2)CCN1C(=S)Nc1cccc2ncccc12. The van der Waals surface area contributed by atoms with Crippen molar-refractivity contribution in [3.8, 4) is 0 Å². The molecule has 3 N–H and O–H groups in total. The van der Waals surface area contributed by atoms with E-state index in [2.05, 4.69) is 55.8 Å². The van der Waals surface area contributed by atoms with Crippen molar-refractivity contribution >= 4 is 39.6 Å². The van der Waals surface area contributed by atoms with Crippen LogP contribution in [0.4, 0.5) is 10.1 Å². The first-order chi connectivity index (χ1) is 17.0. The first-order valence-corrected chi connectivity index (χ1v) is 12.1. The summed E-state index contributed by atoms with van der Waals surface area (Å²) in [5.41, 5.74) is 10.1. The number of pyridine rings is 2. The molecule has 0 radical (unpaired) electrons. The van der Waals surface area contributed by atoms with Crippen LogP contribution in [-0.2, 0) is 0 Å². The van der Waals surface area contributed by atoms with E-state index in [1.54, 1.807) is 12.3 Å². The van der Waals surface area contributed by atoms with Gasteiger partial charge in [0, 0.05) is 48.7 Å². The molecule has 1 saturated heterocycles. The molecule has 0 bridgehead atoms. The van der Waals surface area contributed by atoms with Crippen LogP contribution in [0.15, 0.2) is 72.8 Å². The number of hydrazine groups is 1. The summed E-state index contributed by atoms with van der Waals surface area (Å²) in [6.45, 7) is 6.91. The Balaban J connectivity index is 1.29. The third kappa shape index (κ3) is 4.90. The topological polar surface area (TPSA) is 68.4 Å². The Bertz CT molecular complexity index is 1280. The molecule has 2 aromatic heterocycles. The fraction of sp³-hybridized carbons (Fsp3) is 0.269. The summed E-state index contributed by atoms with van der Waals surface area (Å²) in [7, 11) is 0. The molecule has 9 heteroatoms. The first kappa shape index (κ1) is 23.0. The van der Waals surface area contributed by atoms with Crippen molar-refractivity contribution in [1.82, 2.24) is 30.6 Å². The highest BCUT2D eigenvalue weighted by Crippen LogP contribution is 2.25. The normalized spacial score (nSPS) is 18.0. The van der Waals surface area contributed by atoms with Gasteiger partial charge in [-0.2, -0.15) is 4.39 Å². The summed E-state index contributed by atoms with van der Waals surface area (Å²) in [4.78, 5) is 12.8. The van der Waals surface area contributed by atoms with Gasteiger partial charge in [-0.1, -0.05) is 19.9 Å². The minimum Gasteiger partial charge on any atom is -0.353 e. The molecule has 0 amide bonds. The van der Waals surface area contributed by atoms with Crippen LogP contribution in [0.25, 0.3) is 16.6 Å². The van der Waals surface area contributed by atoms with Crippen molar-refractivity contribution in [2.24, 2.45) is 5.92 Å². The number of benzene rings is 1. The minimum atomic E-state index is -0.489. The third-order valence-corrected chi connectivity index (χ3v) is 6.79. The summed E-state index contributed by atoms with van der Waals surface area (Å²) in [6, 6.07) is 13.3. The van der Waals surface area contributed by atoms with Gasteiger partial charge in [0.25, 0.3) is 0 Å². The quantitative estimate of drug-likeness (QED) is 0.374. The number of halogens is 1. The molecule has 1 aromatic carbocycles. The molecule has 5 rings (SSSR count). The van der Waals surface area contributed by atoms with E-state index < -0.39 is 5.95 Å². The molecule has 0 saturated carbocycles. The molecule has 2 aliphatic rings. The second-order valence-electron chi connectivity index (χ2n) is 9.01. The smallest absolute Gasteiger partial charge is 0.212 e. The summed E-state index contributed by atoms with van der Waals surface area (Å²) < 4.78 is 13.1. The van der Waals surface area contributed by atoms with Gasteiger partial charge >= 0.3 is 0 Å². The van der Waals surface area contributed by atoms with Crippen LogP contribution in [-0.4, -0.2) is 50.6 Å². The number of nitrogens with one attached hydrogen (secondary N) is 3. The molecule has 180 valence electrons. The van der Waals surface area contributed by atoms with E-state index in [9.17, 15) is 4.39 Å². The highest BCUT2D eigenvalue weighted by atomic mass is 32.1. The molecule has 1 fully saturated rings. The molecule has 3 aromatic rings. The maximum atomic E-state index is 13.1. The van der Waals surface area contributed by atoms with Crippen LogP contribution in [0, 0.1) is 11.9 Å². The molecule has 2 aliphatic heterocycles. The van der Waals surface area contributed by atoms with Crippen LogP contribution >= 0.6 is 12.2 Å². The van der Waals surface area contributed by atoms with E-state index in [0.717, 1.165) is 58.4 Å². The van der Waals surface area contributed by atoms with Crippen molar-refractivity contribution in [2.45, 2.75) is 19.9 Å². The molecule has 1 unspecified atom stereocenters. The fourth-order valence-corrected chi connectivity index (χ4v) is 4.85. The Kier molecular flexibility index (Phi) is 6.50. The number of hydrogen-bond acceptors (Lipinski definition) is 6. The second-order valence-corrected chi connectivity index (χ2v) is 9.40. The van der Waals surface area contributed by atoms with Crippen molar-refractivity contribution < 1.29 is 4.39 Å². The monoisotopic (exact) mass is 489 g/mol. The predicted octanol–water partition coefficient (Wildman–Crippen LogP) is 4.10. The number of fused-ring (bicyclic) bond motifs is 1. The largest absolute Gasteiger partial charge is 0.353 e. The first-order valence-electron chi connectivity index (χ1n) is 11.7. The van der Waals surface area contributed by atoms with Crippen molar-refractivity contribution in [1.29, 1.82) is 0 Å². The van der Waals surface area contributed by atoms with Gasteiger partial charge in [0.15, 0.2) is 5.11 Å². The van der Waals surface area contributed by atoms with Crippen LogP contribution < -0.4 is 16.2 Å². The molecule has 0 aliphatic carbocycles. The fourth-order valence-electron chi connectivity index (χ4n) is 4.52. The third-order valence-electron chi connectivity index (χ3n) is 6.45. The van der Waals surface area contributed by atoms with Crippen LogP contribution in [0.2, 0.25) is 0 Å². The lowest BCUT2D eigenvalue weighted by molar-refractivity contribution is 0.119. The Hall–Kier alpha value is -3.72. The number of thiocarbonyl (C=S) groups is 1. The maximum Gasteiger partial charge on any atom is 0.212 e. The Labute approximate surface area is 209 Å². The summed E-state index contributed by atoms with van der Waals surface area (Å²) >= 11 is 5.88. The summed E-state index contributed by atoms with van der Waals surface area (Å²) in [5.74, 6) is 0.907. The molecule has 1 atom stereocenters. The number of nitrogens with zero attached hydrogens (tertiary/aromatic N) is 4. The lowest BCUT2D eigenvalue weighted by Crippen LogP contribution is -2.59. The molecular formula is C26H28FN7S. The van der Waals surface area contributed by atoms with E-state index in [1.807, 2.05) is 36.4 Å². The van der Waals surface area contributed by atoms with Gasteiger partial charge in [0.2, 0.25) is 5.95 Å². The Morgan fingerprint density at radius 3 is 2.71 bits per heavy atom. The van der Waals surface area contributed by atoms with Gasteiger partial charge in [-0.25, -0.2) is 4.98 Å². The molecule has 35 heavy (non-hydrogen) atoms. The zero-order valence-corrected chi connectivity index (χ0v) is 20.5. The number of piperazine rings is 1. The second kappa shape index (κ2) is 9.87. The van der Waals surface area contributed by atoms with Crippen LogP contribution in [0.5, 0.6) is 0 Å². The molecule has 7 nitrogen and oxygen atoms in total. The van der Waals surface area contributed by atoms with Gasteiger partial charge < -0.3 is 15.1 Å². The zero-order valence-electron chi connectivity index (χ0n) is 19.7. The number of anilines is 1. The van der Waals surface area contributed by atoms with Crippen molar-refractivity contribution in [3.05, 3.63) is 84.3 Å². The lowest BCUT2D eigenvalue weighted by Gasteiger charge is -2.46.